The minimum atomic E-state index is -0.984. The fourth-order valence-corrected chi connectivity index (χ4v) is 4.23. The topological polar surface area (TPSA) is 85.4 Å². The molecule has 1 aliphatic heterocycles. The standard InChI is InChI=1S/C33H56O6/c1-3-5-7-9-12-17-21-25-32(35)37-27-29(34)28-38-33(36)26-22-18-14-11-13-16-20-24-31-30(39-31)23-19-15-10-8-6-4-2/h11,14-16,19-20,29-31,34H,3-10,12-13,17-18,21-28H2,1-2H3/b14-11-,19-15-,20-16-/t29-,30?,31?/m0/s1. The molecule has 1 fully saturated rings. The average Bonchev–Trinajstić information content (AvgIpc) is 3.69. The van der Waals surface area contributed by atoms with Crippen LogP contribution in [-0.2, 0) is 23.8 Å². The molecular formula is C33H56O6. The minimum Gasteiger partial charge on any atom is -0.463 e. The van der Waals surface area contributed by atoms with E-state index in [-0.39, 0.29) is 25.2 Å². The van der Waals surface area contributed by atoms with Gasteiger partial charge in [0.15, 0.2) is 0 Å². The van der Waals surface area contributed by atoms with Gasteiger partial charge in [-0.1, -0.05) is 102 Å². The molecule has 0 aromatic rings. The third-order valence-electron chi connectivity index (χ3n) is 6.78. The summed E-state index contributed by atoms with van der Waals surface area (Å²) in [6.45, 7) is 4.14. The maximum absolute atomic E-state index is 11.9. The molecular weight excluding hydrogens is 492 g/mol. The van der Waals surface area contributed by atoms with Crippen LogP contribution in [0.4, 0.5) is 0 Å². The molecule has 0 saturated carbocycles. The number of unbranched alkanes of at least 4 members (excludes halogenated alkanes) is 10. The van der Waals surface area contributed by atoms with Gasteiger partial charge in [-0.3, -0.25) is 9.59 Å². The van der Waals surface area contributed by atoms with Crippen LogP contribution < -0.4 is 0 Å². The van der Waals surface area contributed by atoms with E-state index < -0.39 is 6.10 Å². The van der Waals surface area contributed by atoms with Gasteiger partial charge in [0.05, 0.1) is 12.2 Å². The summed E-state index contributed by atoms with van der Waals surface area (Å²) in [4.78, 5) is 23.6. The zero-order chi connectivity index (χ0) is 28.4. The van der Waals surface area contributed by atoms with Crippen LogP contribution in [-0.4, -0.2) is 48.6 Å². The zero-order valence-corrected chi connectivity index (χ0v) is 24.8. The number of carbonyl (C=O) groups is 2. The van der Waals surface area contributed by atoms with Crippen LogP contribution in [0.25, 0.3) is 0 Å². The first-order valence-electron chi connectivity index (χ1n) is 15.7. The van der Waals surface area contributed by atoms with Crippen LogP contribution in [0, 0.1) is 0 Å². The van der Waals surface area contributed by atoms with Gasteiger partial charge in [-0.05, 0) is 51.4 Å². The number of rotatable bonds is 26. The highest BCUT2D eigenvalue weighted by atomic mass is 16.6. The van der Waals surface area contributed by atoms with Gasteiger partial charge in [0.25, 0.3) is 0 Å². The Morgan fingerprint density at radius 3 is 1.82 bits per heavy atom. The van der Waals surface area contributed by atoms with Crippen molar-refractivity contribution in [3.05, 3.63) is 36.5 Å². The molecule has 0 radical (unpaired) electrons. The van der Waals surface area contributed by atoms with Gasteiger partial charge in [0.1, 0.15) is 19.3 Å². The van der Waals surface area contributed by atoms with Crippen molar-refractivity contribution in [2.45, 2.75) is 148 Å². The molecule has 3 atom stereocenters. The highest BCUT2D eigenvalue weighted by Gasteiger charge is 2.35. The van der Waals surface area contributed by atoms with E-state index in [0.717, 1.165) is 44.9 Å². The van der Waals surface area contributed by atoms with Crippen LogP contribution in [0.2, 0.25) is 0 Å². The summed E-state index contributed by atoms with van der Waals surface area (Å²) in [6, 6.07) is 0. The lowest BCUT2D eigenvalue weighted by atomic mass is 10.1. The first kappa shape index (κ1) is 35.1. The van der Waals surface area contributed by atoms with Crippen LogP contribution in [0.5, 0.6) is 0 Å². The number of epoxide rings is 1. The predicted octanol–water partition coefficient (Wildman–Crippen LogP) is 7.93. The molecule has 1 aliphatic rings. The van der Waals surface area contributed by atoms with E-state index >= 15 is 0 Å². The lowest BCUT2D eigenvalue weighted by molar-refractivity contribution is -0.152. The van der Waals surface area contributed by atoms with Crippen molar-refractivity contribution in [3.63, 3.8) is 0 Å². The molecule has 6 nitrogen and oxygen atoms in total. The summed E-state index contributed by atoms with van der Waals surface area (Å²) in [5.41, 5.74) is 0. The molecule has 6 heteroatoms. The van der Waals surface area contributed by atoms with Gasteiger partial charge < -0.3 is 19.3 Å². The van der Waals surface area contributed by atoms with Crippen LogP contribution in [0.15, 0.2) is 36.5 Å². The molecule has 1 rings (SSSR count). The lowest BCUT2D eigenvalue weighted by Gasteiger charge is -2.12. The summed E-state index contributed by atoms with van der Waals surface area (Å²) in [5, 5.41) is 9.90. The lowest BCUT2D eigenvalue weighted by Crippen LogP contribution is -2.25. The summed E-state index contributed by atoms with van der Waals surface area (Å²) < 4.78 is 15.9. The second-order valence-corrected chi connectivity index (χ2v) is 10.6. The molecule has 0 amide bonds. The van der Waals surface area contributed by atoms with Gasteiger partial charge >= 0.3 is 11.9 Å². The second kappa shape index (κ2) is 25.1. The molecule has 0 spiro atoms. The minimum absolute atomic E-state index is 0.136. The van der Waals surface area contributed by atoms with Crippen molar-refractivity contribution >= 4 is 11.9 Å². The Hall–Kier alpha value is -1.92. The molecule has 0 aromatic carbocycles. The number of aliphatic hydroxyl groups is 1. The van der Waals surface area contributed by atoms with E-state index in [4.69, 9.17) is 14.2 Å². The van der Waals surface area contributed by atoms with Gasteiger partial charge in [-0.15, -0.1) is 0 Å². The van der Waals surface area contributed by atoms with E-state index in [1.807, 2.05) is 0 Å². The van der Waals surface area contributed by atoms with E-state index in [1.165, 1.54) is 51.4 Å². The summed E-state index contributed by atoms with van der Waals surface area (Å²) in [6.07, 6.45) is 30.9. The fourth-order valence-electron chi connectivity index (χ4n) is 4.23. The quantitative estimate of drug-likeness (QED) is 0.0511. The molecule has 1 heterocycles. The van der Waals surface area contributed by atoms with Gasteiger partial charge in [-0.25, -0.2) is 0 Å². The fraction of sp³-hybridized carbons (Fsp3) is 0.758. The Bertz CT molecular complexity index is 698. The van der Waals surface area contributed by atoms with E-state index in [2.05, 4.69) is 50.3 Å². The van der Waals surface area contributed by atoms with E-state index in [9.17, 15) is 14.7 Å². The second-order valence-electron chi connectivity index (χ2n) is 10.6. The zero-order valence-electron chi connectivity index (χ0n) is 24.8. The highest BCUT2D eigenvalue weighted by Crippen LogP contribution is 2.29. The maximum atomic E-state index is 11.9. The predicted molar refractivity (Wildman–Crippen MR) is 158 cm³/mol. The monoisotopic (exact) mass is 548 g/mol. The SMILES string of the molecule is CCCCC/C=C\CC1OC1C/C=C\C/C=C\CCCC(=O)OC[C@@H](O)COC(=O)CCCCCCCCC. The molecule has 0 aromatic heterocycles. The highest BCUT2D eigenvalue weighted by molar-refractivity contribution is 5.69. The Morgan fingerprint density at radius 2 is 1.15 bits per heavy atom. The average molecular weight is 549 g/mol. The van der Waals surface area contributed by atoms with Crippen molar-refractivity contribution in [2.75, 3.05) is 13.2 Å². The Balaban J connectivity index is 1.92. The number of aliphatic hydroxyl groups excluding tert-OH is 1. The molecule has 39 heavy (non-hydrogen) atoms. The summed E-state index contributed by atoms with van der Waals surface area (Å²) >= 11 is 0. The van der Waals surface area contributed by atoms with Crippen LogP contribution in [0.3, 0.4) is 0 Å². The first-order valence-corrected chi connectivity index (χ1v) is 15.7. The van der Waals surface area contributed by atoms with Gasteiger partial charge in [-0.2, -0.15) is 0 Å². The molecule has 0 aliphatic carbocycles. The van der Waals surface area contributed by atoms with Crippen molar-refractivity contribution in [2.24, 2.45) is 0 Å². The smallest absolute Gasteiger partial charge is 0.305 e. The summed E-state index contributed by atoms with van der Waals surface area (Å²) in [5.74, 6) is -0.645. The first-order chi connectivity index (χ1) is 19.1. The van der Waals surface area contributed by atoms with Crippen molar-refractivity contribution < 1.29 is 28.9 Å². The van der Waals surface area contributed by atoms with Gasteiger partial charge in [0.2, 0.25) is 0 Å². The molecule has 224 valence electrons. The molecule has 0 bridgehead atoms. The van der Waals surface area contributed by atoms with Gasteiger partial charge in [0, 0.05) is 12.8 Å². The van der Waals surface area contributed by atoms with Crippen molar-refractivity contribution in [1.29, 1.82) is 0 Å². The number of esters is 2. The van der Waals surface area contributed by atoms with Crippen molar-refractivity contribution in [1.82, 2.24) is 0 Å². The number of allylic oxidation sites excluding steroid dienone is 4. The molecule has 1 N–H and O–H groups in total. The molecule has 1 saturated heterocycles. The Morgan fingerprint density at radius 1 is 0.667 bits per heavy atom. The third kappa shape index (κ3) is 22.6. The molecule has 2 unspecified atom stereocenters. The van der Waals surface area contributed by atoms with Crippen molar-refractivity contribution in [3.8, 4) is 0 Å². The Kier molecular flexibility index (Phi) is 22.6. The maximum Gasteiger partial charge on any atom is 0.305 e. The summed E-state index contributed by atoms with van der Waals surface area (Å²) in [7, 11) is 0. The number of hydrogen-bond donors (Lipinski definition) is 1. The number of hydrogen-bond acceptors (Lipinski definition) is 6. The number of ether oxygens (including phenoxy) is 3. The largest absolute Gasteiger partial charge is 0.463 e. The number of carbonyl (C=O) groups excluding carboxylic acids is 2. The third-order valence-corrected chi connectivity index (χ3v) is 6.78. The normalized spacial score (nSPS) is 17.8. The Labute approximate surface area is 238 Å². The van der Waals surface area contributed by atoms with Crippen LogP contribution >= 0.6 is 0 Å². The van der Waals surface area contributed by atoms with E-state index in [1.54, 1.807) is 0 Å². The van der Waals surface area contributed by atoms with Crippen LogP contribution in [0.1, 0.15) is 129 Å². The van der Waals surface area contributed by atoms with E-state index in [0.29, 0.717) is 31.5 Å².